The Kier molecular flexibility index (Phi) is 6.79. The summed E-state index contributed by atoms with van der Waals surface area (Å²) in [5, 5.41) is 3.34. The fraction of sp³-hybridized carbons (Fsp3) is 0. The molecule has 0 aliphatic rings. The third kappa shape index (κ3) is 4.79. The molecule has 0 spiro atoms. The Hall–Kier alpha value is -7.90. The van der Waals surface area contributed by atoms with E-state index in [1.807, 2.05) is 55.1 Å². The minimum absolute atomic E-state index is 0.901. The van der Waals surface area contributed by atoms with E-state index >= 15 is 0 Å². The molecule has 0 fully saturated rings. The number of benzene rings is 5. The van der Waals surface area contributed by atoms with E-state index in [0.29, 0.717) is 0 Å². The maximum Gasteiger partial charge on any atom is 0.0963 e. The highest BCUT2D eigenvalue weighted by molar-refractivity contribution is 6.09. The van der Waals surface area contributed by atoms with Crippen molar-refractivity contribution in [2.45, 2.75) is 0 Å². The van der Waals surface area contributed by atoms with Crippen LogP contribution in [0.15, 0.2) is 189 Å². The summed E-state index contributed by atoms with van der Waals surface area (Å²) in [6, 6.07) is 57.9. The van der Waals surface area contributed by atoms with Crippen molar-refractivity contribution in [1.82, 2.24) is 33.6 Å². The number of aromatic nitrogens is 7. The molecule has 0 aliphatic carbocycles. The van der Waals surface area contributed by atoms with Crippen molar-refractivity contribution in [2.24, 2.45) is 0 Å². The average Bonchev–Trinajstić information content (AvgIpc) is 3.92. The van der Waals surface area contributed by atoms with Gasteiger partial charge in [0.25, 0.3) is 0 Å². The first kappa shape index (κ1) is 31.5. The van der Waals surface area contributed by atoms with Gasteiger partial charge in [-0.1, -0.05) is 60.7 Å². The Balaban J connectivity index is 1.20. The summed E-state index contributed by atoms with van der Waals surface area (Å²) in [5.41, 5.74) is 16.5. The highest BCUT2D eigenvalue weighted by Gasteiger charge is 2.20. The Morgan fingerprint density at radius 3 is 1.11 bits per heavy atom. The molecule has 0 aliphatic heterocycles. The first-order chi connectivity index (χ1) is 28.3. The predicted octanol–water partition coefficient (Wildman–Crippen LogP) is 11.9. The third-order valence-electron chi connectivity index (χ3n) is 11.2. The zero-order chi connectivity index (χ0) is 37.5. The zero-order valence-electron chi connectivity index (χ0n) is 30.5. The first-order valence-corrected chi connectivity index (χ1v) is 19.0. The number of rotatable bonds is 5. The van der Waals surface area contributed by atoms with Crippen molar-refractivity contribution >= 4 is 65.8 Å². The van der Waals surface area contributed by atoms with Gasteiger partial charge in [0.15, 0.2) is 0 Å². The van der Waals surface area contributed by atoms with Crippen LogP contribution >= 0.6 is 0 Å². The Labute approximate surface area is 326 Å². The van der Waals surface area contributed by atoms with Crippen LogP contribution in [0.1, 0.15) is 0 Å². The van der Waals surface area contributed by atoms with Crippen LogP contribution in [0.2, 0.25) is 0 Å². The second-order valence-electron chi connectivity index (χ2n) is 14.4. The van der Waals surface area contributed by atoms with E-state index in [0.717, 1.165) is 105 Å². The molecule has 7 nitrogen and oxygen atoms in total. The van der Waals surface area contributed by atoms with Crippen molar-refractivity contribution in [2.75, 3.05) is 0 Å². The van der Waals surface area contributed by atoms with Gasteiger partial charge in [-0.3, -0.25) is 19.9 Å². The number of pyridine rings is 4. The van der Waals surface area contributed by atoms with Gasteiger partial charge in [-0.05, 0) is 114 Å². The van der Waals surface area contributed by atoms with Crippen molar-refractivity contribution in [3.05, 3.63) is 189 Å². The lowest BCUT2D eigenvalue weighted by molar-refractivity contribution is 1.13. The molecule has 7 heteroatoms. The van der Waals surface area contributed by atoms with Crippen molar-refractivity contribution in [3.63, 3.8) is 0 Å². The molecular formula is C50H31N7. The molecule has 0 N–H and O–H groups in total. The second-order valence-corrected chi connectivity index (χ2v) is 14.4. The second kappa shape index (κ2) is 12.3. The maximum atomic E-state index is 4.88. The number of fused-ring (bicyclic) bond motifs is 9. The summed E-state index contributed by atoms with van der Waals surface area (Å²) in [4.78, 5) is 19.4. The quantitative estimate of drug-likeness (QED) is 0.177. The summed E-state index contributed by atoms with van der Waals surface area (Å²) >= 11 is 0. The van der Waals surface area contributed by atoms with Crippen LogP contribution in [0.3, 0.4) is 0 Å². The van der Waals surface area contributed by atoms with Gasteiger partial charge in [0.2, 0.25) is 0 Å². The van der Waals surface area contributed by atoms with E-state index in [4.69, 9.17) is 19.9 Å². The van der Waals surface area contributed by atoms with Crippen molar-refractivity contribution in [1.29, 1.82) is 0 Å². The van der Waals surface area contributed by atoms with Crippen LogP contribution in [0.25, 0.3) is 105 Å². The molecule has 5 aromatic carbocycles. The molecule has 0 amide bonds. The van der Waals surface area contributed by atoms with Gasteiger partial charge in [-0.25, -0.2) is 0 Å². The average molecular weight is 730 g/mol. The minimum Gasteiger partial charge on any atom is -0.308 e. The topological polar surface area (TPSA) is 66.3 Å². The molecule has 0 saturated heterocycles. The van der Waals surface area contributed by atoms with Crippen LogP contribution in [0, 0.1) is 0 Å². The number of nitrogens with zero attached hydrogens (tertiary/aromatic N) is 7. The summed E-state index contributed by atoms with van der Waals surface area (Å²) in [6.45, 7) is 0. The molecule has 0 bridgehead atoms. The third-order valence-corrected chi connectivity index (χ3v) is 11.2. The minimum atomic E-state index is 0.901. The molecule has 0 atom stereocenters. The molecule has 12 rings (SSSR count). The molecular weight excluding hydrogens is 699 g/mol. The van der Waals surface area contributed by atoms with Crippen LogP contribution in [0.5, 0.6) is 0 Å². The highest BCUT2D eigenvalue weighted by atomic mass is 15.0. The van der Waals surface area contributed by atoms with E-state index in [-0.39, 0.29) is 0 Å². The van der Waals surface area contributed by atoms with Gasteiger partial charge in [-0.2, -0.15) is 0 Å². The Bertz CT molecular complexity index is 3250. The normalized spacial score (nSPS) is 11.9. The molecule has 266 valence electrons. The largest absolute Gasteiger partial charge is 0.308 e. The lowest BCUT2D eigenvalue weighted by atomic mass is 9.98. The molecule has 7 aromatic heterocycles. The van der Waals surface area contributed by atoms with Crippen LogP contribution in [-0.2, 0) is 0 Å². The summed E-state index contributed by atoms with van der Waals surface area (Å²) in [5.74, 6) is 0. The molecule has 7 heterocycles. The van der Waals surface area contributed by atoms with E-state index in [2.05, 4.69) is 147 Å². The van der Waals surface area contributed by atoms with Crippen molar-refractivity contribution in [3.8, 4) is 39.4 Å². The van der Waals surface area contributed by atoms with Gasteiger partial charge >= 0.3 is 0 Å². The fourth-order valence-corrected chi connectivity index (χ4v) is 8.79. The van der Waals surface area contributed by atoms with E-state index in [9.17, 15) is 0 Å². The molecule has 0 saturated carbocycles. The monoisotopic (exact) mass is 729 g/mol. The molecule has 0 radical (unpaired) electrons. The van der Waals surface area contributed by atoms with Gasteiger partial charge in [0.1, 0.15) is 0 Å². The van der Waals surface area contributed by atoms with Crippen LogP contribution in [-0.4, -0.2) is 33.6 Å². The predicted molar refractivity (Wildman–Crippen MR) is 232 cm³/mol. The summed E-state index contributed by atoms with van der Waals surface area (Å²) in [7, 11) is 0. The number of para-hydroxylation sites is 3. The van der Waals surface area contributed by atoms with Gasteiger partial charge < -0.3 is 13.7 Å². The van der Waals surface area contributed by atoms with Gasteiger partial charge in [-0.15, -0.1) is 0 Å². The smallest absolute Gasteiger partial charge is 0.0963 e. The van der Waals surface area contributed by atoms with E-state index in [1.165, 1.54) is 0 Å². The summed E-state index contributed by atoms with van der Waals surface area (Å²) in [6.07, 6.45) is 7.48. The van der Waals surface area contributed by atoms with Crippen LogP contribution < -0.4 is 0 Å². The summed E-state index contributed by atoms with van der Waals surface area (Å²) < 4.78 is 7.02. The molecule has 12 aromatic rings. The van der Waals surface area contributed by atoms with Crippen molar-refractivity contribution < 1.29 is 0 Å². The fourth-order valence-electron chi connectivity index (χ4n) is 8.79. The van der Waals surface area contributed by atoms with E-state index < -0.39 is 0 Å². The van der Waals surface area contributed by atoms with E-state index in [1.54, 1.807) is 0 Å². The standard InChI is InChI=1S/C50H31N7/c1-4-16-42-38(12-1)48-45(19-9-23-52-48)55(42)35-27-32(26-34(30-35)41-15-7-8-22-51-41)33-28-36(56-43-17-5-2-13-39(43)49-46(56)20-10-24-53-49)31-37(29-33)57-44-18-6-3-14-40(44)50-47(57)21-11-25-54-50/h1-31H. The number of hydrogen-bond acceptors (Lipinski definition) is 4. The van der Waals surface area contributed by atoms with Crippen LogP contribution in [0.4, 0.5) is 0 Å². The molecule has 0 unspecified atom stereocenters. The highest BCUT2D eigenvalue weighted by Crippen LogP contribution is 2.39. The zero-order valence-corrected chi connectivity index (χ0v) is 30.5. The SMILES string of the molecule is c1ccc(-c2cc(-c3cc(-n4c5ccccc5c5ncccc54)cc(-n4c5ccccc5c5ncccc54)c3)cc(-n3c4ccccc4c4ncccc43)c2)nc1. The van der Waals surface area contributed by atoms with Gasteiger partial charge in [0, 0.05) is 63.6 Å². The first-order valence-electron chi connectivity index (χ1n) is 19.0. The van der Waals surface area contributed by atoms with Gasteiger partial charge in [0.05, 0.1) is 55.3 Å². The lowest BCUT2D eigenvalue weighted by Crippen LogP contribution is -2.01. The maximum absolute atomic E-state index is 4.88. The lowest BCUT2D eigenvalue weighted by Gasteiger charge is -2.17. The Morgan fingerprint density at radius 2 is 0.649 bits per heavy atom. The number of hydrogen-bond donors (Lipinski definition) is 0. The molecule has 57 heavy (non-hydrogen) atoms. The Morgan fingerprint density at radius 1 is 0.281 bits per heavy atom.